The van der Waals surface area contributed by atoms with Gasteiger partial charge in [0, 0.05) is 61.6 Å². The SMILES string of the molecule is COc1ccc(OC(F)(F)F)cc1CN[C@H]1C[C@@H](CO)CN[C@H]1c1ccccc1.O=C(O)C=CC(=O)O.O=C(O)C=CC(=O)O. The molecule has 16 heteroatoms. The number of piperidine rings is 1. The van der Waals surface area contributed by atoms with Crippen molar-refractivity contribution in [2.24, 2.45) is 5.92 Å². The van der Waals surface area contributed by atoms with Crippen LogP contribution in [0, 0.1) is 5.92 Å². The highest BCUT2D eigenvalue weighted by molar-refractivity contribution is 5.90. The Kier molecular flexibility index (Phi) is 16.4. The van der Waals surface area contributed by atoms with Gasteiger partial charge in [-0.2, -0.15) is 0 Å². The van der Waals surface area contributed by atoms with Gasteiger partial charge >= 0.3 is 30.2 Å². The van der Waals surface area contributed by atoms with E-state index in [0.717, 1.165) is 12.0 Å². The largest absolute Gasteiger partial charge is 0.573 e. The van der Waals surface area contributed by atoms with Crippen molar-refractivity contribution in [1.29, 1.82) is 0 Å². The van der Waals surface area contributed by atoms with Gasteiger partial charge < -0.3 is 45.6 Å². The van der Waals surface area contributed by atoms with Gasteiger partial charge in [0.05, 0.1) is 7.11 Å². The van der Waals surface area contributed by atoms with E-state index in [9.17, 15) is 37.5 Å². The molecule has 246 valence electrons. The fourth-order valence-electron chi connectivity index (χ4n) is 3.98. The summed E-state index contributed by atoms with van der Waals surface area (Å²) in [4.78, 5) is 38.2. The molecule has 3 atom stereocenters. The van der Waals surface area contributed by atoms with E-state index in [-0.39, 0.29) is 30.4 Å². The summed E-state index contributed by atoms with van der Waals surface area (Å²) in [5, 5.41) is 47.7. The summed E-state index contributed by atoms with van der Waals surface area (Å²) in [6.45, 7) is 1.07. The summed E-state index contributed by atoms with van der Waals surface area (Å²) in [7, 11) is 1.47. The Morgan fingerprint density at radius 2 is 1.44 bits per heavy atom. The third-order valence-electron chi connectivity index (χ3n) is 5.81. The second kappa shape index (κ2) is 19.4. The second-order valence-corrected chi connectivity index (χ2v) is 9.11. The van der Waals surface area contributed by atoms with E-state index in [2.05, 4.69) is 15.4 Å². The molecule has 0 aliphatic carbocycles. The molecule has 1 aliphatic rings. The number of carboxylic acids is 4. The number of methoxy groups -OCH3 is 1. The first kappa shape index (κ1) is 38.1. The van der Waals surface area contributed by atoms with Crippen molar-refractivity contribution in [2.45, 2.75) is 31.4 Å². The number of alkyl halides is 3. The molecule has 0 amide bonds. The predicted molar refractivity (Wildman–Crippen MR) is 152 cm³/mol. The van der Waals surface area contributed by atoms with E-state index < -0.39 is 30.2 Å². The van der Waals surface area contributed by atoms with Crippen molar-refractivity contribution >= 4 is 23.9 Å². The lowest BCUT2D eigenvalue weighted by Gasteiger charge is -2.37. The Morgan fingerprint density at radius 1 is 0.911 bits per heavy atom. The molecule has 0 saturated carbocycles. The van der Waals surface area contributed by atoms with Crippen molar-refractivity contribution in [2.75, 3.05) is 20.3 Å². The number of aliphatic hydroxyl groups is 1. The lowest BCUT2D eigenvalue weighted by Crippen LogP contribution is -2.49. The highest BCUT2D eigenvalue weighted by Gasteiger charge is 2.32. The fraction of sp³-hybridized carbons (Fsp3) is 0.310. The van der Waals surface area contributed by atoms with Crippen LogP contribution >= 0.6 is 0 Å². The molecule has 13 nitrogen and oxygen atoms in total. The molecule has 7 N–H and O–H groups in total. The Bertz CT molecular complexity index is 1250. The molecule has 0 bridgehead atoms. The number of carboxylic acid groups (broad SMARTS) is 4. The number of carbonyl (C=O) groups is 4. The molecule has 1 fully saturated rings. The molecular weight excluding hydrogens is 609 g/mol. The molecule has 0 aromatic heterocycles. The molecule has 2 aromatic carbocycles. The van der Waals surface area contributed by atoms with Crippen LogP contribution in [0.15, 0.2) is 72.8 Å². The number of aliphatic carboxylic acids is 4. The zero-order valence-electron chi connectivity index (χ0n) is 23.8. The van der Waals surface area contributed by atoms with Gasteiger partial charge in [0.25, 0.3) is 0 Å². The molecule has 45 heavy (non-hydrogen) atoms. The summed E-state index contributed by atoms with van der Waals surface area (Å²) in [5.74, 6) is -4.73. The Morgan fingerprint density at radius 3 is 1.89 bits per heavy atom. The summed E-state index contributed by atoms with van der Waals surface area (Å²) < 4.78 is 47.0. The van der Waals surface area contributed by atoms with Gasteiger partial charge in [-0.15, -0.1) is 13.2 Å². The number of halogens is 3. The van der Waals surface area contributed by atoms with Gasteiger partial charge in [-0.05, 0) is 36.1 Å². The van der Waals surface area contributed by atoms with E-state index in [1.54, 1.807) is 0 Å². The number of hydrogen-bond donors (Lipinski definition) is 7. The minimum Gasteiger partial charge on any atom is -0.496 e. The zero-order chi connectivity index (χ0) is 34.0. The van der Waals surface area contributed by atoms with Crippen molar-refractivity contribution in [3.8, 4) is 11.5 Å². The highest BCUT2D eigenvalue weighted by Crippen LogP contribution is 2.30. The van der Waals surface area contributed by atoms with Gasteiger partial charge in [0.1, 0.15) is 11.5 Å². The fourth-order valence-corrected chi connectivity index (χ4v) is 3.98. The molecule has 2 aromatic rings. The number of aliphatic hydroxyl groups excluding tert-OH is 1. The second-order valence-electron chi connectivity index (χ2n) is 9.11. The summed E-state index contributed by atoms with van der Waals surface area (Å²) >= 11 is 0. The number of rotatable bonds is 11. The van der Waals surface area contributed by atoms with Gasteiger partial charge in [-0.3, -0.25) is 0 Å². The van der Waals surface area contributed by atoms with Crippen LogP contribution in [0.3, 0.4) is 0 Å². The Hall–Kier alpha value is -4.93. The van der Waals surface area contributed by atoms with Gasteiger partial charge in [0.15, 0.2) is 0 Å². The summed E-state index contributed by atoms with van der Waals surface area (Å²) in [5.41, 5.74) is 1.68. The maximum atomic E-state index is 12.6. The van der Waals surface area contributed by atoms with Crippen molar-refractivity contribution in [3.05, 3.63) is 84.0 Å². The summed E-state index contributed by atoms with van der Waals surface area (Å²) in [6, 6.07) is 14.0. The monoisotopic (exact) mass is 642 g/mol. The van der Waals surface area contributed by atoms with Crippen molar-refractivity contribution in [3.63, 3.8) is 0 Å². The Balaban J connectivity index is 0.000000521. The number of ether oxygens (including phenoxy) is 2. The average molecular weight is 643 g/mol. The quantitative estimate of drug-likeness (QED) is 0.176. The molecule has 0 radical (unpaired) electrons. The van der Waals surface area contributed by atoms with E-state index in [1.807, 2.05) is 30.3 Å². The van der Waals surface area contributed by atoms with Crippen LogP contribution in [0.2, 0.25) is 0 Å². The van der Waals surface area contributed by atoms with Crippen molar-refractivity contribution in [1.82, 2.24) is 10.6 Å². The number of hydrogen-bond acceptors (Lipinski definition) is 9. The molecule has 1 saturated heterocycles. The molecular formula is C29H33F3N2O11. The molecule has 1 heterocycles. The van der Waals surface area contributed by atoms with Gasteiger partial charge in [0.2, 0.25) is 0 Å². The third-order valence-corrected chi connectivity index (χ3v) is 5.81. The van der Waals surface area contributed by atoms with Crippen LogP contribution in [-0.4, -0.2) is 82.1 Å². The number of nitrogens with one attached hydrogen (secondary N) is 2. The first-order chi connectivity index (χ1) is 21.1. The van der Waals surface area contributed by atoms with E-state index >= 15 is 0 Å². The maximum Gasteiger partial charge on any atom is 0.573 e. The highest BCUT2D eigenvalue weighted by atomic mass is 19.4. The minimum absolute atomic E-state index is 0.0137. The molecule has 3 rings (SSSR count). The van der Waals surface area contributed by atoms with Crippen LogP contribution in [0.1, 0.15) is 23.6 Å². The van der Waals surface area contributed by atoms with Crippen LogP contribution in [0.5, 0.6) is 11.5 Å². The first-order valence-electron chi connectivity index (χ1n) is 13.0. The average Bonchev–Trinajstić information content (AvgIpc) is 2.98. The van der Waals surface area contributed by atoms with Crippen LogP contribution in [-0.2, 0) is 25.7 Å². The van der Waals surface area contributed by atoms with Gasteiger partial charge in [-0.1, -0.05) is 30.3 Å². The molecule has 1 aliphatic heterocycles. The molecule has 0 unspecified atom stereocenters. The van der Waals surface area contributed by atoms with Crippen LogP contribution in [0.4, 0.5) is 13.2 Å². The van der Waals surface area contributed by atoms with Crippen LogP contribution < -0.4 is 20.1 Å². The molecule has 0 spiro atoms. The Labute approximate surface area is 255 Å². The first-order valence-corrected chi connectivity index (χ1v) is 13.0. The maximum absolute atomic E-state index is 12.6. The predicted octanol–water partition coefficient (Wildman–Crippen LogP) is 2.82. The zero-order valence-corrected chi connectivity index (χ0v) is 23.8. The third kappa shape index (κ3) is 16.5. The number of benzene rings is 2. The van der Waals surface area contributed by atoms with Crippen LogP contribution in [0.25, 0.3) is 0 Å². The standard InChI is InChI=1S/C21H25F3N2O3.2C4H4O4/c1-28-19-8-7-17(29-21(22,23)24)10-16(19)12-25-18-9-14(13-27)11-26-20(18)15-5-3-2-4-6-15;2*5-3(6)1-2-4(7)8/h2-8,10,14,18,20,25-27H,9,11-13H2,1H3;2*1-2H,(H,5,6)(H,7,8)/t14-,18+,20+;;/m1../s1. The van der Waals surface area contributed by atoms with Gasteiger partial charge in [-0.25, -0.2) is 19.2 Å². The van der Waals surface area contributed by atoms with E-state index in [1.165, 1.54) is 25.3 Å². The summed E-state index contributed by atoms with van der Waals surface area (Å²) in [6.07, 6.45) is -1.78. The van der Waals surface area contributed by atoms with E-state index in [0.29, 0.717) is 48.7 Å². The van der Waals surface area contributed by atoms with Crippen molar-refractivity contribution < 1.29 is 67.4 Å². The topological polar surface area (TPSA) is 212 Å². The minimum atomic E-state index is -4.75. The van der Waals surface area contributed by atoms with E-state index in [4.69, 9.17) is 25.2 Å². The lowest BCUT2D eigenvalue weighted by molar-refractivity contribution is -0.274. The smallest absolute Gasteiger partial charge is 0.496 e. The lowest BCUT2D eigenvalue weighted by atomic mass is 9.86. The normalized spacial score (nSPS) is 17.8.